The van der Waals surface area contributed by atoms with E-state index in [2.05, 4.69) is 14.8 Å². The maximum Gasteiger partial charge on any atom is 0.255 e. The van der Waals surface area contributed by atoms with Gasteiger partial charge in [-0.25, -0.2) is 4.98 Å². The van der Waals surface area contributed by atoms with E-state index in [0.29, 0.717) is 6.54 Å². The average molecular weight is 314 g/mol. The number of anilines is 1. The van der Waals surface area contributed by atoms with Crippen LogP contribution in [0.3, 0.4) is 0 Å². The Balaban J connectivity index is 1.56. The lowest BCUT2D eigenvalue weighted by Crippen LogP contribution is -2.36. The highest BCUT2D eigenvalue weighted by molar-refractivity contribution is 5.35. The average Bonchev–Trinajstić information content (AvgIpc) is 3.19. The molecule has 1 saturated heterocycles. The number of aromatic amines is 1. The normalized spacial score (nSPS) is 18.4. The third-order valence-electron chi connectivity index (χ3n) is 4.72. The van der Waals surface area contributed by atoms with E-state index in [1.165, 1.54) is 12.8 Å². The second-order valence-electron chi connectivity index (χ2n) is 6.48. The van der Waals surface area contributed by atoms with Crippen molar-refractivity contribution in [1.29, 1.82) is 0 Å². The summed E-state index contributed by atoms with van der Waals surface area (Å²) < 4.78 is 5.66. The third-order valence-corrected chi connectivity index (χ3v) is 4.72. The zero-order chi connectivity index (χ0) is 15.8. The van der Waals surface area contributed by atoms with Crippen molar-refractivity contribution in [2.24, 2.45) is 0 Å². The van der Waals surface area contributed by atoms with Gasteiger partial charge < -0.3 is 9.32 Å². The molecule has 0 atom stereocenters. The van der Waals surface area contributed by atoms with E-state index in [4.69, 9.17) is 9.40 Å². The van der Waals surface area contributed by atoms with Crippen LogP contribution in [0.2, 0.25) is 0 Å². The molecule has 0 aliphatic carbocycles. The second-order valence-corrected chi connectivity index (χ2v) is 6.48. The predicted octanol–water partition coefficient (Wildman–Crippen LogP) is 1.83. The minimum absolute atomic E-state index is 0.0328. The molecule has 6 nitrogen and oxygen atoms in total. The molecular formula is C17H22N4O2. The second kappa shape index (κ2) is 5.85. The predicted molar refractivity (Wildman–Crippen MR) is 87.6 cm³/mol. The highest BCUT2D eigenvalue weighted by Crippen LogP contribution is 2.21. The number of rotatable bonds is 3. The van der Waals surface area contributed by atoms with E-state index in [1.807, 2.05) is 19.1 Å². The van der Waals surface area contributed by atoms with Crippen molar-refractivity contribution in [2.75, 3.05) is 24.5 Å². The number of hydrogen-bond donors (Lipinski definition) is 1. The first-order valence-electron chi connectivity index (χ1n) is 8.34. The molecule has 2 aromatic heterocycles. The molecule has 4 rings (SSSR count). The number of aromatic nitrogens is 2. The molecule has 4 heterocycles. The summed E-state index contributed by atoms with van der Waals surface area (Å²) in [4.78, 5) is 24.5. The smallest absolute Gasteiger partial charge is 0.255 e. The third kappa shape index (κ3) is 2.91. The molecule has 0 radical (unpaired) electrons. The van der Waals surface area contributed by atoms with Crippen molar-refractivity contribution in [3.05, 3.63) is 45.3 Å². The summed E-state index contributed by atoms with van der Waals surface area (Å²) in [5.74, 6) is 2.64. The fourth-order valence-electron chi connectivity index (χ4n) is 3.48. The lowest BCUT2D eigenvalue weighted by Gasteiger charge is -2.27. The number of H-pyrrole nitrogens is 1. The minimum atomic E-state index is 0.0328. The Kier molecular flexibility index (Phi) is 3.69. The van der Waals surface area contributed by atoms with Crippen LogP contribution in [0.4, 0.5) is 5.95 Å². The van der Waals surface area contributed by atoms with Crippen molar-refractivity contribution in [3.63, 3.8) is 0 Å². The zero-order valence-electron chi connectivity index (χ0n) is 13.5. The molecular weight excluding hydrogens is 292 g/mol. The number of aryl methyl sites for hydroxylation is 1. The van der Waals surface area contributed by atoms with Crippen LogP contribution >= 0.6 is 0 Å². The molecule has 122 valence electrons. The molecule has 0 aromatic carbocycles. The fraction of sp³-hybridized carbons (Fsp3) is 0.529. The van der Waals surface area contributed by atoms with Gasteiger partial charge in [0, 0.05) is 31.7 Å². The van der Waals surface area contributed by atoms with Crippen LogP contribution in [0.1, 0.15) is 35.6 Å². The van der Waals surface area contributed by atoms with E-state index in [9.17, 15) is 4.79 Å². The number of furan rings is 1. The molecule has 2 aromatic rings. The summed E-state index contributed by atoms with van der Waals surface area (Å²) in [6.07, 6.45) is 3.09. The molecule has 23 heavy (non-hydrogen) atoms. The standard InChI is InChI=1S/C17H22N4O2/c1-12-4-5-13(23-12)10-20-9-6-14-15(11-20)18-17(19-16(14)22)21-7-2-3-8-21/h4-5H,2-3,6-11H2,1H3,(H,18,19,22). The van der Waals surface area contributed by atoms with Gasteiger partial charge >= 0.3 is 0 Å². The van der Waals surface area contributed by atoms with Gasteiger partial charge in [0.2, 0.25) is 5.95 Å². The largest absolute Gasteiger partial charge is 0.465 e. The van der Waals surface area contributed by atoms with Gasteiger partial charge in [-0.3, -0.25) is 14.7 Å². The number of fused-ring (bicyclic) bond motifs is 1. The first kappa shape index (κ1) is 14.5. The van der Waals surface area contributed by atoms with Gasteiger partial charge in [-0.15, -0.1) is 0 Å². The Morgan fingerprint density at radius 1 is 1.26 bits per heavy atom. The van der Waals surface area contributed by atoms with Crippen LogP contribution < -0.4 is 10.5 Å². The summed E-state index contributed by atoms with van der Waals surface area (Å²) >= 11 is 0. The Morgan fingerprint density at radius 2 is 2.09 bits per heavy atom. The maximum absolute atomic E-state index is 12.4. The molecule has 2 aliphatic rings. The lowest BCUT2D eigenvalue weighted by atomic mass is 10.1. The van der Waals surface area contributed by atoms with Crippen LogP contribution in [-0.2, 0) is 19.5 Å². The monoisotopic (exact) mass is 314 g/mol. The molecule has 1 N–H and O–H groups in total. The van der Waals surface area contributed by atoms with Crippen LogP contribution in [0.25, 0.3) is 0 Å². The summed E-state index contributed by atoms with van der Waals surface area (Å²) in [6.45, 7) is 6.26. The van der Waals surface area contributed by atoms with Gasteiger partial charge in [-0.05, 0) is 38.3 Å². The van der Waals surface area contributed by atoms with Gasteiger partial charge in [0.25, 0.3) is 5.56 Å². The van der Waals surface area contributed by atoms with Crippen LogP contribution in [0.15, 0.2) is 21.3 Å². The lowest BCUT2D eigenvalue weighted by molar-refractivity contribution is 0.220. The van der Waals surface area contributed by atoms with Crippen molar-refractivity contribution in [2.45, 2.75) is 39.3 Å². The highest BCUT2D eigenvalue weighted by Gasteiger charge is 2.24. The highest BCUT2D eigenvalue weighted by atomic mass is 16.3. The molecule has 0 amide bonds. The minimum Gasteiger partial charge on any atom is -0.465 e. The molecule has 0 saturated carbocycles. The molecule has 0 bridgehead atoms. The van der Waals surface area contributed by atoms with Crippen LogP contribution in [0.5, 0.6) is 0 Å². The van der Waals surface area contributed by atoms with Crippen molar-refractivity contribution < 1.29 is 4.42 Å². The Morgan fingerprint density at radius 3 is 2.83 bits per heavy atom. The molecule has 1 fully saturated rings. The van der Waals surface area contributed by atoms with Gasteiger partial charge in [-0.2, -0.15) is 0 Å². The molecule has 2 aliphatic heterocycles. The summed E-state index contributed by atoms with van der Waals surface area (Å²) in [5.41, 5.74) is 1.80. The quantitative estimate of drug-likeness (QED) is 0.936. The van der Waals surface area contributed by atoms with Crippen molar-refractivity contribution >= 4 is 5.95 Å². The number of nitrogens with one attached hydrogen (secondary N) is 1. The van der Waals surface area contributed by atoms with Gasteiger partial charge in [0.05, 0.1) is 12.2 Å². The first-order valence-corrected chi connectivity index (χ1v) is 8.34. The van der Waals surface area contributed by atoms with E-state index < -0.39 is 0 Å². The topological polar surface area (TPSA) is 65.4 Å². The van der Waals surface area contributed by atoms with E-state index in [1.54, 1.807) is 0 Å². The summed E-state index contributed by atoms with van der Waals surface area (Å²) in [6, 6.07) is 4.01. The Hall–Kier alpha value is -2.08. The van der Waals surface area contributed by atoms with Crippen molar-refractivity contribution in [1.82, 2.24) is 14.9 Å². The van der Waals surface area contributed by atoms with Gasteiger partial charge in [-0.1, -0.05) is 0 Å². The number of nitrogens with zero attached hydrogens (tertiary/aromatic N) is 3. The SMILES string of the molecule is Cc1ccc(CN2CCc3c(nc(N4CCCC4)[nH]c3=O)C2)o1. The fourth-order valence-corrected chi connectivity index (χ4v) is 3.48. The first-order chi connectivity index (χ1) is 11.2. The Bertz CT molecular complexity index is 758. The van der Waals surface area contributed by atoms with E-state index in [0.717, 1.165) is 61.3 Å². The molecule has 6 heteroatoms. The zero-order valence-corrected chi connectivity index (χ0v) is 13.5. The molecule has 0 unspecified atom stereocenters. The summed E-state index contributed by atoms with van der Waals surface area (Å²) in [5, 5.41) is 0. The number of hydrogen-bond acceptors (Lipinski definition) is 5. The molecule has 0 spiro atoms. The van der Waals surface area contributed by atoms with Gasteiger partial charge in [0.1, 0.15) is 11.5 Å². The van der Waals surface area contributed by atoms with Crippen molar-refractivity contribution in [3.8, 4) is 0 Å². The van der Waals surface area contributed by atoms with Gasteiger partial charge in [0.15, 0.2) is 0 Å². The summed E-state index contributed by atoms with van der Waals surface area (Å²) in [7, 11) is 0. The maximum atomic E-state index is 12.4. The van der Waals surface area contributed by atoms with Crippen LogP contribution in [-0.4, -0.2) is 34.5 Å². The van der Waals surface area contributed by atoms with E-state index in [-0.39, 0.29) is 5.56 Å². The Labute approximate surface area is 135 Å². The van der Waals surface area contributed by atoms with Crippen LogP contribution in [0, 0.1) is 6.92 Å². The van der Waals surface area contributed by atoms with E-state index >= 15 is 0 Å².